The lowest BCUT2D eigenvalue weighted by Crippen LogP contribution is -2.52. The molecule has 0 fully saturated rings. The summed E-state index contributed by atoms with van der Waals surface area (Å²) in [6, 6.07) is 14.5. The first-order valence-corrected chi connectivity index (χ1v) is 15.4. The number of carbonyl (C=O) groups excluding carboxylic acids is 6. The van der Waals surface area contributed by atoms with Gasteiger partial charge >= 0.3 is 5.97 Å². The van der Waals surface area contributed by atoms with Gasteiger partial charge in [0.2, 0.25) is 17.6 Å². The molecule has 0 spiro atoms. The zero-order valence-electron chi connectivity index (χ0n) is 26.9. The Morgan fingerprint density at radius 3 is 2.11 bits per heavy atom. The normalized spacial score (nSPS) is 13.4. The average molecular weight is 633 g/mol. The molecular weight excluding hydrogens is 588 g/mol. The van der Waals surface area contributed by atoms with Gasteiger partial charge in [-0.3, -0.25) is 28.8 Å². The van der Waals surface area contributed by atoms with Gasteiger partial charge in [-0.1, -0.05) is 88.7 Å². The summed E-state index contributed by atoms with van der Waals surface area (Å²) in [6.45, 7) is 13.9. The number of nitrogens with one attached hydrogen (secondary N) is 2. The maximum absolute atomic E-state index is 13.4. The molecule has 0 bridgehead atoms. The van der Waals surface area contributed by atoms with Crippen molar-refractivity contribution in [1.82, 2.24) is 10.6 Å². The van der Waals surface area contributed by atoms with Crippen LogP contribution in [-0.2, 0) is 46.5 Å². The summed E-state index contributed by atoms with van der Waals surface area (Å²) < 4.78 is 5.37. The Kier molecular flexibility index (Phi) is 15.3. The third kappa shape index (κ3) is 12.6. The molecule has 2 rings (SSSR count). The van der Waals surface area contributed by atoms with Gasteiger partial charge in [0.15, 0.2) is 11.5 Å². The van der Waals surface area contributed by atoms with E-state index in [-0.39, 0.29) is 31.8 Å². The number of hydrogen-bond donors (Lipinski definition) is 3. The number of rotatable bonds is 19. The van der Waals surface area contributed by atoms with E-state index in [9.17, 15) is 28.8 Å². The van der Waals surface area contributed by atoms with E-state index in [0.29, 0.717) is 18.5 Å². The van der Waals surface area contributed by atoms with Crippen molar-refractivity contribution in [3.63, 3.8) is 0 Å². The number of nitrogens with zero attached hydrogens (tertiary/aromatic N) is 1. The lowest BCUT2D eigenvalue weighted by molar-refractivity contribution is -0.149. The van der Waals surface area contributed by atoms with Crippen LogP contribution in [0.2, 0.25) is 0 Å². The van der Waals surface area contributed by atoms with Crippen LogP contribution in [0, 0.1) is 30.2 Å². The molecule has 0 aliphatic heterocycles. The number of amides is 3. The highest BCUT2D eigenvalue weighted by atomic mass is 16.5. The highest BCUT2D eigenvalue weighted by Crippen LogP contribution is 2.20. The zero-order valence-corrected chi connectivity index (χ0v) is 26.9. The van der Waals surface area contributed by atoms with Crippen LogP contribution in [0.3, 0.4) is 0 Å². The maximum atomic E-state index is 13.4. The van der Waals surface area contributed by atoms with Gasteiger partial charge in [0.05, 0.1) is 25.6 Å². The van der Waals surface area contributed by atoms with E-state index in [4.69, 9.17) is 17.0 Å². The third-order valence-electron chi connectivity index (χ3n) is 7.67. The van der Waals surface area contributed by atoms with Gasteiger partial charge in [-0.05, 0) is 35.8 Å². The van der Waals surface area contributed by atoms with Crippen LogP contribution in [-0.4, -0.2) is 47.8 Å². The molecule has 4 unspecified atom stereocenters. The first-order valence-electron chi connectivity index (χ1n) is 15.4. The fraction of sp³-hybridized carbons (Fsp3) is 0.457. The van der Waals surface area contributed by atoms with E-state index < -0.39 is 65.6 Å². The largest absolute Gasteiger partial charge is 0.461 e. The van der Waals surface area contributed by atoms with E-state index >= 15 is 0 Å². The van der Waals surface area contributed by atoms with Crippen molar-refractivity contribution >= 4 is 40.9 Å². The van der Waals surface area contributed by atoms with Gasteiger partial charge in [-0.15, -0.1) is 0 Å². The molecule has 0 saturated heterocycles. The van der Waals surface area contributed by atoms with Gasteiger partial charge in [-0.25, -0.2) is 4.85 Å². The molecule has 46 heavy (non-hydrogen) atoms. The predicted octanol–water partition coefficient (Wildman–Crippen LogP) is 3.85. The third-order valence-corrected chi connectivity index (χ3v) is 7.67. The molecule has 4 N–H and O–H groups in total. The minimum atomic E-state index is -1.18. The molecule has 2 aromatic rings. The van der Waals surface area contributed by atoms with Crippen molar-refractivity contribution in [1.29, 1.82) is 0 Å². The van der Waals surface area contributed by atoms with Crippen molar-refractivity contribution in [3.05, 3.63) is 77.1 Å². The van der Waals surface area contributed by atoms with Crippen LogP contribution in [0.4, 0.5) is 5.69 Å². The van der Waals surface area contributed by atoms with Crippen LogP contribution in [0.25, 0.3) is 4.85 Å². The molecule has 11 heteroatoms. The summed E-state index contributed by atoms with van der Waals surface area (Å²) in [6.07, 6.45) is 0.555. The number of ketones is 2. The number of carbonyl (C=O) groups is 6. The second-order valence-electron chi connectivity index (χ2n) is 11.9. The zero-order chi connectivity index (χ0) is 34.2. The van der Waals surface area contributed by atoms with Gasteiger partial charge in [-0.2, -0.15) is 0 Å². The standard InChI is InChI=1S/C35H44N4O7/c1-6-23(4)31(39-34(44)27(16-22(2)3)19-30(41)46-21-25-10-8-7-9-11-25)32(42)35(45)38-20-29(40)18-26(33(36)43)17-24-12-14-28(37-5)15-13-24/h7-15,22-23,26-27,31H,6,16-21H2,1-4H3,(H2,36,43)(H,38,45)(H,39,44). The lowest BCUT2D eigenvalue weighted by atomic mass is 9.90. The first-order chi connectivity index (χ1) is 21.8. The molecule has 0 aromatic heterocycles. The maximum Gasteiger partial charge on any atom is 0.306 e. The summed E-state index contributed by atoms with van der Waals surface area (Å²) in [7, 11) is 0. The minimum absolute atomic E-state index is 0.0621. The highest BCUT2D eigenvalue weighted by molar-refractivity contribution is 6.38. The fourth-order valence-electron chi connectivity index (χ4n) is 4.84. The first kappa shape index (κ1) is 37.3. The van der Waals surface area contributed by atoms with Crippen LogP contribution < -0.4 is 16.4 Å². The number of esters is 1. The van der Waals surface area contributed by atoms with E-state index in [2.05, 4.69) is 15.5 Å². The van der Waals surface area contributed by atoms with E-state index in [0.717, 1.165) is 11.1 Å². The summed E-state index contributed by atoms with van der Waals surface area (Å²) in [5.74, 6) is -6.24. The van der Waals surface area contributed by atoms with Crippen molar-refractivity contribution in [2.24, 2.45) is 29.4 Å². The Bertz CT molecular complexity index is 1400. The molecule has 246 valence electrons. The van der Waals surface area contributed by atoms with Crippen LogP contribution in [0.15, 0.2) is 54.6 Å². The molecule has 0 radical (unpaired) electrons. The number of nitrogens with two attached hydrogens (primary N) is 1. The van der Waals surface area contributed by atoms with Crippen molar-refractivity contribution in [2.75, 3.05) is 6.54 Å². The monoisotopic (exact) mass is 632 g/mol. The highest BCUT2D eigenvalue weighted by Gasteiger charge is 2.34. The van der Waals surface area contributed by atoms with Crippen molar-refractivity contribution in [3.8, 4) is 0 Å². The molecule has 0 aliphatic rings. The van der Waals surface area contributed by atoms with E-state index in [1.165, 1.54) is 0 Å². The van der Waals surface area contributed by atoms with Gasteiger partial charge in [0, 0.05) is 18.3 Å². The fourth-order valence-corrected chi connectivity index (χ4v) is 4.84. The Morgan fingerprint density at radius 2 is 1.54 bits per heavy atom. The van der Waals surface area contributed by atoms with E-state index in [1.54, 1.807) is 31.2 Å². The lowest BCUT2D eigenvalue weighted by Gasteiger charge is -2.26. The van der Waals surface area contributed by atoms with Gasteiger partial charge in [0.25, 0.3) is 5.91 Å². The van der Waals surface area contributed by atoms with Crippen molar-refractivity contribution < 1.29 is 33.5 Å². The summed E-state index contributed by atoms with van der Waals surface area (Å²) in [5.41, 5.74) is 7.47. The molecule has 0 heterocycles. The molecule has 0 saturated carbocycles. The number of Topliss-reactive ketones (excluding diaryl/α,β-unsaturated/α-hetero) is 2. The molecule has 2 aromatic carbocycles. The Balaban J connectivity index is 2.01. The molecule has 4 atom stereocenters. The summed E-state index contributed by atoms with van der Waals surface area (Å²) in [5, 5.41) is 5.00. The molecule has 3 amide bonds. The van der Waals surface area contributed by atoms with Crippen LogP contribution in [0.5, 0.6) is 0 Å². The van der Waals surface area contributed by atoms with Crippen LogP contribution in [0.1, 0.15) is 64.5 Å². The molecule has 0 aliphatic carbocycles. The Hall–Kier alpha value is -4.85. The summed E-state index contributed by atoms with van der Waals surface area (Å²) in [4.78, 5) is 80.1. The Labute approximate surface area is 270 Å². The molecular formula is C35H44N4O7. The van der Waals surface area contributed by atoms with E-state index in [1.807, 2.05) is 51.1 Å². The second-order valence-corrected chi connectivity index (χ2v) is 11.9. The molecule has 11 nitrogen and oxygen atoms in total. The summed E-state index contributed by atoms with van der Waals surface area (Å²) >= 11 is 0. The predicted molar refractivity (Wildman–Crippen MR) is 172 cm³/mol. The SMILES string of the molecule is [C-]#[N+]c1ccc(CC(CC(=O)CNC(=O)C(=O)C(NC(=O)C(CC(=O)OCc2ccccc2)CC(C)C)C(C)CC)C(N)=O)cc1. The number of ether oxygens (including phenoxy) is 1. The quantitative estimate of drug-likeness (QED) is 0.120. The van der Waals surface area contributed by atoms with Gasteiger partial charge < -0.3 is 21.1 Å². The Morgan fingerprint density at radius 1 is 0.891 bits per heavy atom. The number of primary amides is 1. The topological polar surface area (TPSA) is 166 Å². The van der Waals surface area contributed by atoms with Crippen LogP contribution >= 0.6 is 0 Å². The second kappa shape index (κ2) is 18.8. The van der Waals surface area contributed by atoms with Crippen molar-refractivity contribution in [2.45, 2.75) is 72.4 Å². The van der Waals surface area contributed by atoms with Gasteiger partial charge in [0.1, 0.15) is 6.61 Å². The minimum Gasteiger partial charge on any atom is -0.461 e. The number of hydrogen-bond acceptors (Lipinski definition) is 7. The smallest absolute Gasteiger partial charge is 0.306 e. The number of benzene rings is 2. The average Bonchev–Trinajstić information content (AvgIpc) is 3.04.